The molecule has 1 heterocycles. The third kappa shape index (κ3) is 12.3. The van der Waals surface area contributed by atoms with E-state index in [2.05, 4.69) is 58.1 Å². The number of aromatic amines is 1. The molecule has 0 aliphatic rings. The van der Waals surface area contributed by atoms with Crippen LogP contribution in [0.15, 0.2) is 73.1 Å². The molecule has 8 heteroatoms. The van der Waals surface area contributed by atoms with E-state index in [1.54, 1.807) is 0 Å². The minimum absolute atomic E-state index is 0. The Morgan fingerprint density at radius 3 is 1.81 bits per heavy atom. The summed E-state index contributed by atoms with van der Waals surface area (Å²) in [5, 5.41) is 6.65. The highest BCUT2D eigenvalue weighted by Crippen LogP contribution is 2.15. The summed E-state index contributed by atoms with van der Waals surface area (Å²) < 4.78 is 0. The van der Waals surface area contributed by atoms with Gasteiger partial charge in [-0.3, -0.25) is 5.10 Å². The predicted octanol–water partition coefficient (Wildman–Crippen LogP) is 3.30. The van der Waals surface area contributed by atoms with Crippen LogP contribution in [0.2, 0.25) is 0 Å². The van der Waals surface area contributed by atoms with Crippen molar-refractivity contribution in [2.45, 2.75) is 6.42 Å². The van der Waals surface area contributed by atoms with Crippen LogP contribution in [0.5, 0.6) is 0 Å². The molecule has 3 aromatic rings. The second-order valence-electron chi connectivity index (χ2n) is 4.78. The van der Waals surface area contributed by atoms with Crippen molar-refractivity contribution < 1.29 is 0 Å². The van der Waals surface area contributed by atoms with Gasteiger partial charge < -0.3 is 17.2 Å². The predicted molar refractivity (Wildman–Crippen MR) is 119 cm³/mol. The molecule has 2 aromatic carbocycles. The fourth-order valence-corrected chi connectivity index (χ4v) is 1.85. The lowest BCUT2D eigenvalue weighted by Crippen LogP contribution is -2.18. The molecule has 0 atom stereocenters. The molecule has 142 valence electrons. The number of halogens is 2. The molecular formula is C18H25Cl2N5S. The van der Waals surface area contributed by atoms with Gasteiger partial charge in [0.25, 0.3) is 0 Å². The Morgan fingerprint density at radius 1 is 0.885 bits per heavy atom. The smallest absolute Gasteiger partial charge is 0.160 e. The summed E-state index contributed by atoms with van der Waals surface area (Å²) in [6.45, 7) is 0.740. The molecule has 0 spiro atoms. The van der Waals surface area contributed by atoms with Crippen molar-refractivity contribution in [2.24, 2.45) is 17.2 Å². The Kier molecular flexibility index (Phi) is 16.4. The number of nitrogens with one attached hydrogen (secondary N) is 1. The van der Waals surface area contributed by atoms with Crippen molar-refractivity contribution in [3.63, 3.8) is 0 Å². The number of H-pyrrole nitrogens is 1. The number of nitrogens with two attached hydrogens (primary N) is 3. The van der Waals surface area contributed by atoms with Crippen molar-refractivity contribution in [2.75, 3.05) is 6.54 Å². The highest BCUT2D eigenvalue weighted by atomic mass is 35.5. The summed E-state index contributed by atoms with van der Waals surface area (Å²) in [5.41, 5.74) is 18.2. The van der Waals surface area contributed by atoms with Gasteiger partial charge in [-0.1, -0.05) is 60.7 Å². The SMILES string of the molecule is Cl.Cl.NC(N)=S.NCCc1ccccc1.c1ccc(-c2cn[nH]c2)cc1. The summed E-state index contributed by atoms with van der Waals surface area (Å²) in [4.78, 5) is 0. The molecule has 0 bridgehead atoms. The molecule has 0 aliphatic carbocycles. The van der Waals surface area contributed by atoms with Crippen LogP contribution in [-0.4, -0.2) is 21.9 Å². The van der Waals surface area contributed by atoms with Gasteiger partial charge in [0.2, 0.25) is 0 Å². The topological polar surface area (TPSA) is 107 Å². The number of nitrogens with zero attached hydrogens (tertiary/aromatic N) is 1. The number of rotatable bonds is 3. The Morgan fingerprint density at radius 2 is 1.38 bits per heavy atom. The Balaban J connectivity index is 0. The first-order valence-corrected chi connectivity index (χ1v) is 7.87. The fourth-order valence-electron chi connectivity index (χ4n) is 1.85. The third-order valence-electron chi connectivity index (χ3n) is 2.88. The average Bonchev–Trinajstić information content (AvgIpc) is 3.12. The second kappa shape index (κ2) is 16.4. The van der Waals surface area contributed by atoms with E-state index in [4.69, 9.17) is 5.73 Å². The summed E-state index contributed by atoms with van der Waals surface area (Å²) >= 11 is 4.09. The minimum Gasteiger partial charge on any atom is -0.377 e. The second-order valence-corrected chi connectivity index (χ2v) is 5.25. The molecule has 0 amide bonds. The van der Waals surface area contributed by atoms with Crippen molar-refractivity contribution >= 4 is 42.1 Å². The first-order valence-electron chi connectivity index (χ1n) is 7.46. The average molecular weight is 414 g/mol. The van der Waals surface area contributed by atoms with E-state index in [1.165, 1.54) is 11.1 Å². The van der Waals surface area contributed by atoms with E-state index in [-0.39, 0.29) is 29.9 Å². The van der Waals surface area contributed by atoms with Crippen LogP contribution in [0.25, 0.3) is 11.1 Å². The maximum atomic E-state index is 5.36. The van der Waals surface area contributed by atoms with Gasteiger partial charge in [0.15, 0.2) is 5.11 Å². The van der Waals surface area contributed by atoms with E-state index >= 15 is 0 Å². The Bertz CT molecular complexity index is 675. The number of thiocarbonyl (C=S) groups is 1. The van der Waals surface area contributed by atoms with E-state index in [0.29, 0.717) is 0 Å². The van der Waals surface area contributed by atoms with Gasteiger partial charge in [0.05, 0.1) is 6.20 Å². The number of hydrogen-bond acceptors (Lipinski definition) is 3. The van der Waals surface area contributed by atoms with E-state index in [1.807, 2.05) is 48.8 Å². The van der Waals surface area contributed by atoms with Gasteiger partial charge in [-0.05, 0) is 36.3 Å². The molecule has 0 fully saturated rings. The van der Waals surface area contributed by atoms with Crippen LogP contribution in [0.4, 0.5) is 0 Å². The van der Waals surface area contributed by atoms with Crippen molar-refractivity contribution in [1.29, 1.82) is 0 Å². The third-order valence-corrected chi connectivity index (χ3v) is 2.88. The van der Waals surface area contributed by atoms with E-state index in [9.17, 15) is 0 Å². The fraction of sp³-hybridized carbons (Fsp3) is 0.111. The maximum Gasteiger partial charge on any atom is 0.160 e. The van der Waals surface area contributed by atoms with Crippen molar-refractivity contribution in [1.82, 2.24) is 10.2 Å². The maximum absolute atomic E-state index is 5.36. The standard InChI is InChI=1S/C9H8N2.C8H11N.CH4N2S.2ClH/c1-2-4-8(5-3-1)9-6-10-11-7-9;9-7-6-8-4-2-1-3-5-8;2-1(3)4;;/h1-7H,(H,10,11);1-5H,6-7,9H2;(H4,2,3,4);2*1H. The van der Waals surface area contributed by atoms with Crippen LogP contribution >= 0.6 is 37.0 Å². The van der Waals surface area contributed by atoms with Crippen LogP contribution < -0.4 is 17.2 Å². The van der Waals surface area contributed by atoms with Gasteiger partial charge >= 0.3 is 0 Å². The van der Waals surface area contributed by atoms with Gasteiger partial charge in [0, 0.05) is 11.8 Å². The zero-order valence-electron chi connectivity index (χ0n) is 14.2. The molecule has 3 rings (SSSR count). The van der Waals surface area contributed by atoms with Gasteiger partial charge in [-0.15, -0.1) is 24.8 Å². The highest BCUT2D eigenvalue weighted by molar-refractivity contribution is 7.80. The number of hydrogen-bond donors (Lipinski definition) is 4. The largest absolute Gasteiger partial charge is 0.377 e. The Hall–Kier alpha value is -2.12. The molecule has 0 radical (unpaired) electrons. The first kappa shape index (κ1) is 26.1. The lowest BCUT2D eigenvalue weighted by atomic mass is 10.1. The summed E-state index contributed by atoms with van der Waals surface area (Å²) in [5.74, 6) is 0. The normalized spacial score (nSPS) is 8.35. The summed E-state index contributed by atoms with van der Waals surface area (Å²) in [6.07, 6.45) is 4.69. The molecule has 5 nitrogen and oxygen atoms in total. The van der Waals surface area contributed by atoms with E-state index in [0.717, 1.165) is 18.5 Å². The lowest BCUT2D eigenvalue weighted by molar-refractivity contribution is 0.969. The Labute approximate surface area is 172 Å². The van der Waals surface area contributed by atoms with Crippen LogP contribution in [-0.2, 0) is 6.42 Å². The highest BCUT2D eigenvalue weighted by Gasteiger charge is 1.94. The number of benzene rings is 2. The molecule has 0 unspecified atom stereocenters. The lowest BCUT2D eigenvalue weighted by Gasteiger charge is -1.93. The monoisotopic (exact) mass is 413 g/mol. The first-order chi connectivity index (χ1) is 11.6. The van der Waals surface area contributed by atoms with Crippen molar-refractivity contribution in [3.05, 3.63) is 78.6 Å². The van der Waals surface area contributed by atoms with E-state index < -0.39 is 0 Å². The molecule has 1 aromatic heterocycles. The van der Waals surface area contributed by atoms with Crippen molar-refractivity contribution in [3.8, 4) is 11.1 Å². The quantitative estimate of drug-likeness (QED) is 0.492. The zero-order chi connectivity index (χ0) is 17.6. The molecule has 0 saturated heterocycles. The summed E-state index contributed by atoms with van der Waals surface area (Å²) in [7, 11) is 0. The number of aromatic nitrogens is 2. The van der Waals surface area contributed by atoms with Crippen LogP contribution in [0.3, 0.4) is 0 Å². The van der Waals surface area contributed by atoms with Gasteiger partial charge in [-0.2, -0.15) is 5.10 Å². The molecule has 0 saturated carbocycles. The van der Waals surface area contributed by atoms with Crippen LogP contribution in [0.1, 0.15) is 5.56 Å². The molecule has 7 N–H and O–H groups in total. The molecule has 26 heavy (non-hydrogen) atoms. The summed E-state index contributed by atoms with van der Waals surface area (Å²) in [6, 6.07) is 20.4. The van der Waals surface area contributed by atoms with Crippen LogP contribution in [0, 0.1) is 0 Å². The van der Waals surface area contributed by atoms with Gasteiger partial charge in [0.1, 0.15) is 0 Å². The molecular weight excluding hydrogens is 389 g/mol. The minimum atomic E-state index is 0. The zero-order valence-corrected chi connectivity index (χ0v) is 16.7. The van der Waals surface area contributed by atoms with Gasteiger partial charge in [-0.25, -0.2) is 0 Å². The molecule has 0 aliphatic heterocycles.